The molecule has 2 heterocycles. The number of carbonyl (C=O) groups excluding carboxylic acids is 1. The molecule has 1 amide bonds. The van der Waals surface area contributed by atoms with E-state index in [0.717, 1.165) is 19.6 Å². The normalized spacial score (nSPS) is 34.7. The van der Waals surface area contributed by atoms with Crippen molar-refractivity contribution in [2.24, 2.45) is 5.73 Å². The van der Waals surface area contributed by atoms with E-state index in [2.05, 4.69) is 22.0 Å². The van der Waals surface area contributed by atoms with Crippen LogP contribution in [-0.4, -0.2) is 65.6 Å². The molecular weight excluding hydrogens is 252 g/mol. The van der Waals surface area contributed by atoms with Gasteiger partial charge in [-0.15, -0.1) is 0 Å². The number of amides is 1. The molecule has 2 aliphatic heterocycles. The second-order valence-corrected chi connectivity index (χ2v) is 7.18. The topological polar surface area (TPSA) is 61.6 Å². The highest BCUT2D eigenvalue weighted by molar-refractivity contribution is 5.84. The van der Waals surface area contributed by atoms with E-state index in [-0.39, 0.29) is 5.91 Å². The zero-order valence-electron chi connectivity index (χ0n) is 12.8. The van der Waals surface area contributed by atoms with Crippen molar-refractivity contribution in [3.05, 3.63) is 0 Å². The molecule has 3 rings (SSSR count). The third-order valence-electron chi connectivity index (χ3n) is 5.23. The predicted octanol–water partition coefficient (Wildman–Crippen LogP) is 0.151. The molecule has 3 N–H and O–H groups in total. The van der Waals surface area contributed by atoms with Crippen molar-refractivity contribution in [1.82, 2.24) is 15.1 Å². The lowest BCUT2D eigenvalue weighted by molar-refractivity contribution is -0.125. The Morgan fingerprint density at radius 3 is 2.75 bits per heavy atom. The quantitative estimate of drug-likeness (QED) is 0.753. The summed E-state index contributed by atoms with van der Waals surface area (Å²) in [5, 5.41) is 3.46. The number of nitrogens with zero attached hydrogens (tertiary/aromatic N) is 2. The maximum atomic E-state index is 11.9. The Morgan fingerprint density at radius 2 is 2.10 bits per heavy atom. The van der Waals surface area contributed by atoms with Gasteiger partial charge in [0.25, 0.3) is 0 Å². The van der Waals surface area contributed by atoms with Crippen LogP contribution < -0.4 is 11.1 Å². The second-order valence-electron chi connectivity index (χ2n) is 7.18. The van der Waals surface area contributed by atoms with E-state index >= 15 is 0 Å². The van der Waals surface area contributed by atoms with Crippen LogP contribution >= 0.6 is 0 Å². The maximum absolute atomic E-state index is 11.9. The van der Waals surface area contributed by atoms with Crippen LogP contribution in [0, 0.1) is 0 Å². The number of fused-ring (bicyclic) bond motifs is 1. The van der Waals surface area contributed by atoms with E-state index < -0.39 is 5.54 Å². The van der Waals surface area contributed by atoms with Gasteiger partial charge in [-0.3, -0.25) is 19.9 Å². The van der Waals surface area contributed by atoms with E-state index in [9.17, 15) is 4.79 Å². The lowest BCUT2D eigenvalue weighted by Crippen LogP contribution is -2.65. The van der Waals surface area contributed by atoms with Gasteiger partial charge >= 0.3 is 0 Å². The maximum Gasteiger partial charge on any atom is 0.238 e. The van der Waals surface area contributed by atoms with Crippen LogP contribution in [0.2, 0.25) is 0 Å². The first kappa shape index (κ1) is 14.3. The van der Waals surface area contributed by atoms with Crippen LogP contribution in [0.1, 0.15) is 39.5 Å². The summed E-state index contributed by atoms with van der Waals surface area (Å²) in [6, 6.07) is 1.68. The summed E-state index contributed by atoms with van der Waals surface area (Å²) >= 11 is 0. The first-order chi connectivity index (χ1) is 9.48. The fraction of sp³-hybridized carbons (Fsp3) is 0.933. The summed E-state index contributed by atoms with van der Waals surface area (Å²) in [5.74, 6) is -0.217. The van der Waals surface area contributed by atoms with Crippen molar-refractivity contribution >= 4 is 5.91 Å². The van der Waals surface area contributed by atoms with E-state index in [1.165, 1.54) is 32.2 Å². The lowest BCUT2D eigenvalue weighted by Gasteiger charge is -2.45. The molecule has 5 nitrogen and oxygen atoms in total. The standard InChI is InChI=1S/C15H28N4O/c1-11-8-18-7-3-4-13(18)9-19(11)10-15(2,14(16)20)17-12-5-6-12/h11-13,17H,3-10H2,1-2H3,(H2,16,20). The van der Waals surface area contributed by atoms with Crippen molar-refractivity contribution in [2.75, 3.05) is 26.2 Å². The highest BCUT2D eigenvalue weighted by Gasteiger charge is 2.42. The van der Waals surface area contributed by atoms with Crippen LogP contribution in [0.4, 0.5) is 0 Å². The molecule has 0 aromatic rings. The molecule has 0 aromatic heterocycles. The molecule has 1 saturated carbocycles. The summed E-state index contributed by atoms with van der Waals surface area (Å²) < 4.78 is 0. The molecule has 20 heavy (non-hydrogen) atoms. The highest BCUT2D eigenvalue weighted by Crippen LogP contribution is 2.27. The van der Waals surface area contributed by atoms with Crippen LogP contribution in [0.3, 0.4) is 0 Å². The van der Waals surface area contributed by atoms with Crippen molar-refractivity contribution < 1.29 is 4.79 Å². The van der Waals surface area contributed by atoms with E-state index in [1.807, 2.05) is 6.92 Å². The van der Waals surface area contributed by atoms with Gasteiger partial charge in [0, 0.05) is 37.8 Å². The summed E-state index contributed by atoms with van der Waals surface area (Å²) in [4.78, 5) is 17.0. The average Bonchev–Trinajstić information content (AvgIpc) is 3.06. The first-order valence-electron chi connectivity index (χ1n) is 8.03. The zero-order chi connectivity index (χ0) is 14.3. The molecule has 3 atom stereocenters. The third-order valence-corrected chi connectivity index (χ3v) is 5.23. The van der Waals surface area contributed by atoms with Gasteiger partial charge in [-0.05, 0) is 46.1 Å². The van der Waals surface area contributed by atoms with Crippen molar-refractivity contribution in [3.8, 4) is 0 Å². The predicted molar refractivity (Wildman–Crippen MR) is 79.4 cm³/mol. The molecule has 3 unspecified atom stereocenters. The van der Waals surface area contributed by atoms with Gasteiger partial charge in [0.1, 0.15) is 5.54 Å². The van der Waals surface area contributed by atoms with Gasteiger partial charge in [0.15, 0.2) is 0 Å². The molecule has 1 aliphatic carbocycles. The summed E-state index contributed by atoms with van der Waals surface area (Å²) in [6.45, 7) is 8.44. The van der Waals surface area contributed by atoms with E-state index in [4.69, 9.17) is 5.73 Å². The number of hydrogen-bond donors (Lipinski definition) is 2. The SMILES string of the molecule is CC1CN2CCCC2CN1CC(C)(NC1CC1)C(N)=O. The van der Waals surface area contributed by atoms with Crippen molar-refractivity contribution in [3.63, 3.8) is 0 Å². The van der Waals surface area contributed by atoms with Crippen LogP contribution in [0.25, 0.3) is 0 Å². The number of hydrogen-bond acceptors (Lipinski definition) is 4. The molecule has 0 bridgehead atoms. The van der Waals surface area contributed by atoms with Crippen LogP contribution in [-0.2, 0) is 4.79 Å². The molecular formula is C15H28N4O. The van der Waals surface area contributed by atoms with Crippen LogP contribution in [0.15, 0.2) is 0 Å². The van der Waals surface area contributed by atoms with Gasteiger partial charge in [0.2, 0.25) is 5.91 Å². The van der Waals surface area contributed by atoms with Gasteiger partial charge in [-0.25, -0.2) is 0 Å². The second kappa shape index (κ2) is 5.28. The third kappa shape index (κ3) is 2.85. The fourth-order valence-electron chi connectivity index (χ4n) is 3.75. The van der Waals surface area contributed by atoms with Crippen molar-refractivity contribution in [2.45, 2.75) is 63.2 Å². The highest BCUT2D eigenvalue weighted by atomic mass is 16.1. The molecule has 3 aliphatic rings. The number of piperazine rings is 1. The summed E-state index contributed by atoms with van der Waals surface area (Å²) in [7, 11) is 0. The Hall–Kier alpha value is -0.650. The minimum atomic E-state index is -0.587. The Labute approximate surface area is 121 Å². The smallest absolute Gasteiger partial charge is 0.238 e. The monoisotopic (exact) mass is 280 g/mol. The molecule has 2 saturated heterocycles. The fourth-order valence-corrected chi connectivity index (χ4v) is 3.75. The zero-order valence-corrected chi connectivity index (χ0v) is 12.8. The number of rotatable bonds is 5. The number of primary amides is 1. The summed E-state index contributed by atoms with van der Waals surface area (Å²) in [5.41, 5.74) is 5.09. The molecule has 3 fully saturated rings. The number of nitrogens with one attached hydrogen (secondary N) is 1. The molecule has 0 radical (unpaired) electrons. The Kier molecular flexibility index (Phi) is 3.77. The van der Waals surface area contributed by atoms with Gasteiger partial charge < -0.3 is 5.73 Å². The van der Waals surface area contributed by atoms with Gasteiger partial charge in [-0.2, -0.15) is 0 Å². The minimum Gasteiger partial charge on any atom is -0.368 e. The van der Waals surface area contributed by atoms with Crippen LogP contribution in [0.5, 0.6) is 0 Å². The van der Waals surface area contributed by atoms with Gasteiger partial charge in [0.05, 0.1) is 0 Å². The Balaban J connectivity index is 1.66. The molecule has 0 aromatic carbocycles. The van der Waals surface area contributed by atoms with Gasteiger partial charge in [-0.1, -0.05) is 0 Å². The molecule has 0 spiro atoms. The Morgan fingerprint density at radius 1 is 1.35 bits per heavy atom. The summed E-state index contributed by atoms with van der Waals surface area (Å²) in [6.07, 6.45) is 4.97. The number of carbonyl (C=O) groups is 1. The Bertz CT molecular complexity index is 384. The average molecular weight is 280 g/mol. The van der Waals surface area contributed by atoms with E-state index in [0.29, 0.717) is 18.1 Å². The van der Waals surface area contributed by atoms with E-state index in [1.54, 1.807) is 0 Å². The first-order valence-corrected chi connectivity index (χ1v) is 8.03. The molecule has 5 heteroatoms. The minimum absolute atomic E-state index is 0.217. The van der Waals surface area contributed by atoms with Crippen molar-refractivity contribution in [1.29, 1.82) is 0 Å². The molecule has 114 valence electrons. The number of nitrogens with two attached hydrogens (primary N) is 1. The largest absolute Gasteiger partial charge is 0.368 e. The lowest BCUT2D eigenvalue weighted by atomic mass is 9.97.